The van der Waals surface area contributed by atoms with Crippen LogP contribution in [-0.2, 0) is 30.3 Å². The summed E-state index contributed by atoms with van der Waals surface area (Å²) in [6.07, 6.45) is 3.29. The number of aliphatic hydroxyl groups is 1. The van der Waals surface area contributed by atoms with Gasteiger partial charge in [0.25, 0.3) is 0 Å². The van der Waals surface area contributed by atoms with Crippen LogP contribution in [0.25, 0.3) is 5.57 Å². The Balaban J connectivity index is 1.46. The van der Waals surface area contributed by atoms with Crippen molar-refractivity contribution in [3.8, 4) is 0 Å². The molecule has 1 aromatic heterocycles. The van der Waals surface area contributed by atoms with Gasteiger partial charge < -0.3 is 24.2 Å². The van der Waals surface area contributed by atoms with E-state index in [0.29, 0.717) is 24.2 Å². The normalized spacial score (nSPS) is 24.4. The number of carbonyl (C=O) groups is 3. The smallest absolute Gasteiger partial charge is 0.428 e. The van der Waals surface area contributed by atoms with Gasteiger partial charge in [-0.05, 0) is 65.9 Å². The number of rotatable bonds is 7. The van der Waals surface area contributed by atoms with Gasteiger partial charge in [0, 0.05) is 17.8 Å². The summed E-state index contributed by atoms with van der Waals surface area (Å²) in [5.41, 5.74) is 1.61. The third-order valence-corrected chi connectivity index (χ3v) is 7.12. The minimum atomic E-state index is -0.887. The molecule has 0 radical (unpaired) electrons. The van der Waals surface area contributed by atoms with Crippen LogP contribution in [0.2, 0.25) is 0 Å². The number of aromatic nitrogens is 2. The standard InChI is InChI=1S/C24H33N3O7/c1-5-26-14(2)11-17(25-26)16-12-18-19(15(3)28)21(29)27(18)20(16)22(30)32-13-33-23(31)34-24(4)9-7-6-8-10-24/h11,15,18-19,28H,5-10,12-13H2,1-4H3/t15-,18-,19-/m1/s1. The molecule has 3 aliphatic rings. The minimum Gasteiger partial charge on any atom is -0.428 e. The first kappa shape index (κ1) is 24.3. The maximum Gasteiger partial charge on any atom is 0.511 e. The van der Waals surface area contributed by atoms with Crippen molar-refractivity contribution in [1.29, 1.82) is 0 Å². The van der Waals surface area contributed by atoms with Gasteiger partial charge in [0.05, 0.1) is 23.8 Å². The first-order valence-electron chi connectivity index (χ1n) is 12.0. The lowest BCUT2D eigenvalue weighted by atomic mass is 9.83. The molecule has 10 nitrogen and oxygen atoms in total. The summed E-state index contributed by atoms with van der Waals surface area (Å²) in [5.74, 6) is -1.70. The summed E-state index contributed by atoms with van der Waals surface area (Å²) >= 11 is 0. The van der Waals surface area contributed by atoms with E-state index >= 15 is 0 Å². The second kappa shape index (κ2) is 9.40. The zero-order valence-corrected chi connectivity index (χ0v) is 20.2. The van der Waals surface area contributed by atoms with E-state index in [4.69, 9.17) is 14.2 Å². The number of aliphatic hydroxyl groups excluding tert-OH is 1. The quantitative estimate of drug-likeness (QED) is 0.363. The molecule has 1 N–H and O–H groups in total. The Morgan fingerprint density at radius 2 is 1.97 bits per heavy atom. The zero-order chi connectivity index (χ0) is 24.6. The van der Waals surface area contributed by atoms with Crippen LogP contribution in [-0.4, -0.2) is 62.4 Å². The molecule has 1 saturated heterocycles. The number of aryl methyl sites for hydroxylation is 2. The van der Waals surface area contributed by atoms with Crippen molar-refractivity contribution >= 4 is 23.6 Å². The third-order valence-electron chi connectivity index (χ3n) is 7.12. The summed E-state index contributed by atoms with van der Waals surface area (Å²) in [5, 5.41) is 14.6. The molecule has 1 aromatic rings. The van der Waals surface area contributed by atoms with E-state index < -0.39 is 36.5 Å². The van der Waals surface area contributed by atoms with Crippen molar-refractivity contribution in [3.63, 3.8) is 0 Å². The Kier molecular flexibility index (Phi) is 6.71. The predicted octanol–water partition coefficient (Wildman–Crippen LogP) is 2.91. The Bertz CT molecular complexity index is 1010. The van der Waals surface area contributed by atoms with Gasteiger partial charge in [-0.3, -0.25) is 9.48 Å². The summed E-state index contributed by atoms with van der Waals surface area (Å²) in [4.78, 5) is 39.3. The molecule has 1 amide bonds. The SMILES string of the molecule is CCn1nc(C2=C(C(=O)OCOC(=O)OC3(C)CCCCC3)N3C(=O)[C@H]([C@@H](C)O)[C@H]3C2)cc1C. The molecule has 2 fully saturated rings. The maximum absolute atomic E-state index is 13.0. The number of ether oxygens (including phenoxy) is 3. The number of hydrogen-bond acceptors (Lipinski definition) is 8. The average molecular weight is 476 g/mol. The molecule has 4 rings (SSSR count). The van der Waals surface area contributed by atoms with Gasteiger partial charge in [-0.1, -0.05) is 6.42 Å². The van der Waals surface area contributed by atoms with Gasteiger partial charge >= 0.3 is 12.1 Å². The largest absolute Gasteiger partial charge is 0.511 e. The van der Waals surface area contributed by atoms with Crippen molar-refractivity contribution in [2.24, 2.45) is 5.92 Å². The van der Waals surface area contributed by atoms with Crippen molar-refractivity contribution in [2.75, 3.05) is 6.79 Å². The van der Waals surface area contributed by atoms with Gasteiger partial charge in [-0.25, -0.2) is 9.59 Å². The lowest BCUT2D eigenvalue weighted by molar-refractivity contribution is -0.165. The fourth-order valence-electron chi connectivity index (χ4n) is 5.30. The molecule has 3 heterocycles. The van der Waals surface area contributed by atoms with Crippen LogP contribution in [0, 0.1) is 12.8 Å². The molecule has 34 heavy (non-hydrogen) atoms. The fraction of sp³-hybridized carbons (Fsp3) is 0.667. The third kappa shape index (κ3) is 4.43. The summed E-state index contributed by atoms with van der Waals surface area (Å²) in [6, 6.07) is 1.52. The molecule has 186 valence electrons. The molecule has 2 aliphatic heterocycles. The predicted molar refractivity (Wildman–Crippen MR) is 120 cm³/mol. The molecular weight excluding hydrogens is 442 g/mol. The Labute approximate surface area is 198 Å². The minimum absolute atomic E-state index is 0.0869. The molecule has 0 aromatic carbocycles. The van der Waals surface area contributed by atoms with E-state index in [0.717, 1.165) is 37.8 Å². The first-order valence-corrected chi connectivity index (χ1v) is 12.0. The number of esters is 1. The molecule has 0 unspecified atom stereocenters. The van der Waals surface area contributed by atoms with Crippen LogP contribution in [0.1, 0.15) is 70.7 Å². The van der Waals surface area contributed by atoms with E-state index in [1.807, 2.05) is 26.8 Å². The number of β-lactam (4-membered cyclic amide) rings is 1. The summed E-state index contributed by atoms with van der Waals surface area (Å²) < 4.78 is 17.5. The fourth-order valence-corrected chi connectivity index (χ4v) is 5.30. The number of carbonyl (C=O) groups excluding carboxylic acids is 3. The van der Waals surface area contributed by atoms with Crippen LogP contribution < -0.4 is 0 Å². The molecule has 1 aliphatic carbocycles. The molecule has 3 atom stereocenters. The maximum atomic E-state index is 13.0. The lowest BCUT2D eigenvalue weighted by Crippen LogP contribution is -2.61. The van der Waals surface area contributed by atoms with Crippen LogP contribution in [0.3, 0.4) is 0 Å². The molecule has 0 spiro atoms. The highest BCUT2D eigenvalue weighted by atomic mass is 16.8. The van der Waals surface area contributed by atoms with Crippen LogP contribution in [0.4, 0.5) is 4.79 Å². The van der Waals surface area contributed by atoms with Crippen molar-refractivity contribution in [3.05, 3.63) is 23.2 Å². The highest BCUT2D eigenvalue weighted by molar-refractivity contribution is 6.06. The monoisotopic (exact) mass is 475 g/mol. The van der Waals surface area contributed by atoms with Gasteiger partial charge in [-0.2, -0.15) is 5.10 Å². The average Bonchev–Trinajstić information content (AvgIpc) is 3.31. The zero-order valence-electron chi connectivity index (χ0n) is 20.2. The Hall–Kier alpha value is -2.88. The Morgan fingerprint density at radius 1 is 1.26 bits per heavy atom. The molecule has 1 saturated carbocycles. The highest BCUT2D eigenvalue weighted by Gasteiger charge is 2.57. The summed E-state index contributed by atoms with van der Waals surface area (Å²) in [7, 11) is 0. The number of amides is 1. The Morgan fingerprint density at radius 3 is 2.59 bits per heavy atom. The van der Waals surface area contributed by atoms with E-state index in [2.05, 4.69) is 5.10 Å². The van der Waals surface area contributed by atoms with Crippen LogP contribution >= 0.6 is 0 Å². The highest BCUT2D eigenvalue weighted by Crippen LogP contribution is 2.47. The van der Waals surface area contributed by atoms with Crippen LogP contribution in [0.15, 0.2) is 11.8 Å². The molecular formula is C24H33N3O7. The van der Waals surface area contributed by atoms with Crippen LogP contribution in [0.5, 0.6) is 0 Å². The van der Waals surface area contributed by atoms with Gasteiger partial charge in [-0.15, -0.1) is 0 Å². The number of nitrogens with zero attached hydrogens (tertiary/aromatic N) is 3. The van der Waals surface area contributed by atoms with Crippen molar-refractivity contribution in [1.82, 2.24) is 14.7 Å². The molecule has 0 bridgehead atoms. The lowest BCUT2D eigenvalue weighted by Gasteiger charge is -2.44. The second-order valence-electron chi connectivity index (χ2n) is 9.62. The topological polar surface area (TPSA) is 120 Å². The number of hydrogen-bond donors (Lipinski definition) is 1. The first-order chi connectivity index (χ1) is 16.1. The van der Waals surface area contributed by atoms with Gasteiger partial charge in [0.2, 0.25) is 12.7 Å². The van der Waals surface area contributed by atoms with Gasteiger partial charge in [0.1, 0.15) is 11.3 Å². The van der Waals surface area contributed by atoms with E-state index in [-0.39, 0.29) is 17.6 Å². The molecule has 10 heteroatoms. The second-order valence-corrected chi connectivity index (χ2v) is 9.62. The van der Waals surface area contributed by atoms with E-state index in [1.165, 1.54) is 4.90 Å². The van der Waals surface area contributed by atoms with E-state index in [1.54, 1.807) is 11.6 Å². The van der Waals surface area contributed by atoms with Crippen molar-refractivity contribution < 1.29 is 33.7 Å². The van der Waals surface area contributed by atoms with Gasteiger partial charge in [0.15, 0.2) is 0 Å². The van der Waals surface area contributed by atoms with E-state index in [9.17, 15) is 19.5 Å². The van der Waals surface area contributed by atoms with Crippen molar-refractivity contribution in [2.45, 2.75) is 90.5 Å². The number of fused-ring (bicyclic) bond motifs is 1. The summed E-state index contributed by atoms with van der Waals surface area (Å²) in [6.45, 7) is 7.36.